The number of anilines is 1. The Hall–Kier alpha value is -4.06. The van der Waals surface area contributed by atoms with Crippen LogP contribution in [0.2, 0.25) is 0 Å². The second-order valence-corrected chi connectivity index (χ2v) is 8.86. The highest BCUT2D eigenvalue weighted by molar-refractivity contribution is 5.49. The van der Waals surface area contributed by atoms with Gasteiger partial charge in [0.15, 0.2) is 0 Å². The molecule has 0 spiro atoms. The van der Waals surface area contributed by atoms with Crippen molar-refractivity contribution >= 4 is 5.82 Å². The summed E-state index contributed by atoms with van der Waals surface area (Å²) in [5.74, 6) is 0.131. The van der Waals surface area contributed by atoms with Gasteiger partial charge in [-0.15, -0.1) is 0 Å². The van der Waals surface area contributed by atoms with Gasteiger partial charge >= 0.3 is 0 Å². The van der Waals surface area contributed by atoms with Gasteiger partial charge in [-0.2, -0.15) is 5.26 Å². The Kier molecular flexibility index (Phi) is 9.96. The van der Waals surface area contributed by atoms with Crippen molar-refractivity contribution in [2.24, 2.45) is 0 Å². The molecule has 1 heterocycles. The number of aromatic nitrogens is 1. The number of nitrogen functional groups attached to an aromatic ring is 1. The van der Waals surface area contributed by atoms with Crippen LogP contribution in [0.3, 0.4) is 0 Å². The van der Waals surface area contributed by atoms with Crippen LogP contribution in [0.25, 0.3) is 0 Å². The van der Waals surface area contributed by atoms with Crippen molar-refractivity contribution in [3.63, 3.8) is 0 Å². The minimum atomic E-state index is -1.04. The van der Waals surface area contributed by atoms with Crippen molar-refractivity contribution in [1.29, 1.82) is 5.26 Å². The normalized spacial score (nSPS) is 13.4. The number of ether oxygens (including phenoxy) is 3. The molecule has 0 aliphatic rings. The number of pyridine rings is 1. The minimum absolute atomic E-state index is 0.0209. The predicted molar refractivity (Wildman–Crippen MR) is 144 cm³/mol. The largest absolute Gasteiger partial charge is 0.388 e. The van der Waals surface area contributed by atoms with Crippen molar-refractivity contribution in [3.05, 3.63) is 131 Å². The zero-order valence-corrected chi connectivity index (χ0v) is 21.0. The molecule has 0 aliphatic carbocycles. The van der Waals surface area contributed by atoms with E-state index in [4.69, 9.17) is 19.9 Å². The number of nitrogens with two attached hydrogens (primary N) is 1. The molecule has 3 atom stereocenters. The van der Waals surface area contributed by atoms with E-state index in [1.807, 2.05) is 91.0 Å². The third-order valence-electron chi connectivity index (χ3n) is 6.02. The molecule has 0 bridgehead atoms. The second kappa shape index (κ2) is 14.0. The van der Waals surface area contributed by atoms with Crippen LogP contribution in [0, 0.1) is 11.3 Å². The Morgan fingerprint density at radius 2 is 1.32 bits per heavy atom. The smallest absolute Gasteiger partial charge is 0.141 e. The minimum Gasteiger partial charge on any atom is -0.388 e. The highest BCUT2D eigenvalue weighted by atomic mass is 16.6. The van der Waals surface area contributed by atoms with E-state index in [2.05, 4.69) is 11.1 Å². The standard InChI is InChI=1S/C31H31N3O4/c32-17-26-16-27(18-34-31(26)33)29(37-20-24-12-6-2-7-13-24)30(38-21-25-14-8-3-9-15-25)28(35)22-36-19-23-10-4-1-5-11-23/h1-16,18,28-30,35H,19-22H2,(H2,33,34)/t28-,29-,30-/m1/s1. The van der Waals surface area contributed by atoms with Crippen LogP contribution in [-0.4, -0.2) is 28.9 Å². The van der Waals surface area contributed by atoms with E-state index in [1.54, 1.807) is 12.3 Å². The summed E-state index contributed by atoms with van der Waals surface area (Å²) < 4.78 is 18.5. The molecule has 0 aliphatic heterocycles. The molecule has 0 saturated heterocycles. The van der Waals surface area contributed by atoms with Gasteiger partial charge in [-0.1, -0.05) is 91.0 Å². The van der Waals surface area contributed by atoms with Crippen molar-refractivity contribution in [2.75, 3.05) is 12.3 Å². The highest BCUT2D eigenvalue weighted by Crippen LogP contribution is 2.30. The van der Waals surface area contributed by atoms with Gasteiger partial charge in [0.05, 0.1) is 32.0 Å². The fourth-order valence-electron chi connectivity index (χ4n) is 4.01. The van der Waals surface area contributed by atoms with Gasteiger partial charge in [0.2, 0.25) is 0 Å². The molecular formula is C31H31N3O4. The molecule has 0 fully saturated rings. The lowest BCUT2D eigenvalue weighted by atomic mass is 9.99. The summed E-state index contributed by atoms with van der Waals surface area (Å²) in [5, 5.41) is 20.9. The molecule has 0 saturated carbocycles. The molecule has 0 radical (unpaired) electrons. The number of hydrogen-bond donors (Lipinski definition) is 2. The quantitative estimate of drug-likeness (QED) is 0.262. The maximum absolute atomic E-state index is 11.3. The summed E-state index contributed by atoms with van der Waals surface area (Å²) >= 11 is 0. The lowest BCUT2D eigenvalue weighted by Crippen LogP contribution is -2.39. The first-order valence-corrected chi connectivity index (χ1v) is 12.4. The fraction of sp³-hybridized carbons (Fsp3) is 0.226. The summed E-state index contributed by atoms with van der Waals surface area (Å²) in [5.41, 5.74) is 9.59. The predicted octanol–water partition coefficient (Wildman–Crippen LogP) is 4.96. The van der Waals surface area contributed by atoms with Gasteiger partial charge in [0.1, 0.15) is 30.2 Å². The molecule has 1 aromatic heterocycles. The Bertz CT molecular complexity index is 1300. The van der Waals surface area contributed by atoms with Gasteiger partial charge in [-0.05, 0) is 22.8 Å². The topological polar surface area (TPSA) is 111 Å². The molecule has 38 heavy (non-hydrogen) atoms. The molecule has 7 heteroatoms. The summed E-state index contributed by atoms with van der Waals surface area (Å²) in [6, 6.07) is 32.9. The third kappa shape index (κ3) is 7.72. The SMILES string of the molecule is N#Cc1cc([C@@H](OCc2ccccc2)[C@H](OCc2ccccc2)[C@H](O)COCc2ccccc2)cnc1N. The molecule has 3 N–H and O–H groups in total. The molecule has 4 aromatic rings. The maximum atomic E-state index is 11.3. The van der Waals surface area contributed by atoms with Crippen LogP contribution < -0.4 is 5.73 Å². The Morgan fingerprint density at radius 3 is 1.87 bits per heavy atom. The van der Waals surface area contributed by atoms with Crippen molar-refractivity contribution in [3.8, 4) is 6.07 Å². The van der Waals surface area contributed by atoms with Gasteiger partial charge in [-0.25, -0.2) is 4.98 Å². The van der Waals surface area contributed by atoms with Crippen LogP contribution in [0.1, 0.15) is 33.9 Å². The van der Waals surface area contributed by atoms with Crippen LogP contribution in [0.4, 0.5) is 5.82 Å². The average molecular weight is 510 g/mol. The average Bonchev–Trinajstić information content (AvgIpc) is 2.97. The number of benzene rings is 3. The van der Waals surface area contributed by atoms with Crippen molar-refractivity contribution in [1.82, 2.24) is 4.98 Å². The van der Waals surface area contributed by atoms with E-state index in [0.29, 0.717) is 12.2 Å². The highest BCUT2D eigenvalue weighted by Gasteiger charge is 2.33. The molecule has 3 aromatic carbocycles. The zero-order chi connectivity index (χ0) is 26.6. The Morgan fingerprint density at radius 1 is 0.789 bits per heavy atom. The molecule has 4 rings (SSSR count). The lowest BCUT2D eigenvalue weighted by molar-refractivity contribution is -0.150. The van der Waals surface area contributed by atoms with Gasteiger partial charge in [-0.3, -0.25) is 0 Å². The molecule has 194 valence electrons. The van der Waals surface area contributed by atoms with Crippen LogP contribution in [0.5, 0.6) is 0 Å². The number of aliphatic hydroxyl groups excluding tert-OH is 1. The maximum Gasteiger partial charge on any atom is 0.141 e. The summed E-state index contributed by atoms with van der Waals surface area (Å²) in [4.78, 5) is 4.19. The van der Waals surface area contributed by atoms with E-state index in [1.165, 1.54) is 0 Å². The number of rotatable bonds is 13. The number of nitrogens with zero attached hydrogens (tertiary/aromatic N) is 2. The fourth-order valence-corrected chi connectivity index (χ4v) is 4.01. The number of hydrogen-bond acceptors (Lipinski definition) is 7. The van der Waals surface area contributed by atoms with E-state index >= 15 is 0 Å². The van der Waals surface area contributed by atoms with Crippen molar-refractivity contribution in [2.45, 2.75) is 38.1 Å². The van der Waals surface area contributed by atoms with E-state index in [-0.39, 0.29) is 31.2 Å². The monoisotopic (exact) mass is 509 g/mol. The first-order chi connectivity index (χ1) is 18.6. The van der Waals surface area contributed by atoms with Gasteiger partial charge in [0, 0.05) is 11.8 Å². The zero-order valence-electron chi connectivity index (χ0n) is 21.0. The summed E-state index contributed by atoms with van der Waals surface area (Å²) in [6.45, 7) is 0.883. The van der Waals surface area contributed by atoms with Crippen molar-refractivity contribution < 1.29 is 19.3 Å². The number of aliphatic hydroxyl groups is 1. The number of nitriles is 1. The summed E-state index contributed by atoms with van der Waals surface area (Å²) in [6.07, 6.45) is -1.06. The van der Waals surface area contributed by atoms with Crippen LogP contribution >= 0.6 is 0 Å². The lowest BCUT2D eigenvalue weighted by Gasteiger charge is -2.31. The Labute approximate surface area is 223 Å². The molecule has 0 unspecified atom stereocenters. The van der Waals surface area contributed by atoms with Crippen LogP contribution in [-0.2, 0) is 34.0 Å². The Balaban J connectivity index is 1.59. The van der Waals surface area contributed by atoms with E-state index in [9.17, 15) is 10.4 Å². The molecule has 0 amide bonds. The first kappa shape index (κ1) is 27.0. The molecular weight excluding hydrogens is 478 g/mol. The van der Waals surface area contributed by atoms with Gasteiger partial charge in [0.25, 0.3) is 0 Å². The van der Waals surface area contributed by atoms with E-state index in [0.717, 1.165) is 16.7 Å². The third-order valence-corrected chi connectivity index (χ3v) is 6.02. The van der Waals surface area contributed by atoms with Gasteiger partial charge < -0.3 is 25.1 Å². The second-order valence-electron chi connectivity index (χ2n) is 8.86. The molecule has 7 nitrogen and oxygen atoms in total. The van der Waals surface area contributed by atoms with Crippen LogP contribution in [0.15, 0.2) is 103 Å². The first-order valence-electron chi connectivity index (χ1n) is 12.4. The van der Waals surface area contributed by atoms with E-state index < -0.39 is 18.3 Å². The summed E-state index contributed by atoms with van der Waals surface area (Å²) in [7, 11) is 0.